The van der Waals surface area contributed by atoms with E-state index < -0.39 is 8.11 Å². The van der Waals surface area contributed by atoms with E-state index in [0.717, 1.165) is 6.04 Å². The molecule has 0 radical (unpaired) electrons. The first-order valence-corrected chi connectivity index (χ1v) is 6.86. The minimum Gasteiger partial charge on any atom is -0.166 e. The van der Waals surface area contributed by atoms with Crippen LogP contribution in [0.4, 0.5) is 0 Å². The van der Waals surface area contributed by atoms with E-state index in [4.69, 9.17) is 11.1 Å². The Bertz CT molecular complexity index is 220. The van der Waals surface area contributed by atoms with Crippen LogP contribution in [0.5, 0.6) is 0 Å². The van der Waals surface area contributed by atoms with Gasteiger partial charge >= 0.3 is 0 Å². The first-order chi connectivity index (χ1) is 5.33. The maximum absolute atomic E-state index is 6.02. The number of hydrogen-bond acceptors (Lipinski definition) is 0. The van der Waals surface area contributed by atoms with Gasteiger partial charge in [-0.05, 0) is 11.6 Å². The summed E-state index contributed by atoms with van der Waals surface area (Å²) in [6.07, 6.45) is 0. The van der Waals surface area contributed by atoms with Gasteiger partial charge in [0, 0.05) is 0 Å². The van der Waals surface area contributed by atoms with Crippen molar-refractivity contribution in [3.63, 3.8) is 0 Å². The molecule has 0 saturated heterocycles. The fourth-order valence-corrected chi connectivity index (χ4v) is 2.35. The maximum Gasteiger partial charge on any atom is 0.168 e. The summed E-state index contributed by atoms with van der Waals surface area (Å²) < 4.78 is 0. The van der Waals surface area contributed by atoms with Crippen LogP contribution in [-0.4, -0.2) is 8.11 Å². The minimum atomic E-state index is -1.17. The SMILES string of the molecule is C=C[SiH](Cl)Cc1ccccc1. The smallest absolute Gasteiger partial charge is 0.166 e. The molecule has 0 amide bonds. The van der Waals surface area contributed by atoms with Gasteiger partial charge in [-0.15, -0.1) is 6.58 Å². The molecule has 1 unspecified atom stereocenters. The largest absolute Gasteiger partial charge is 0.168 e. The second-order valence-corrected chi connectivity index (χ2v) is 6.03. The molecule has 1 rings (SSSR count). The zero-order chi connectivity index (χ0) is 8.10. The molecule has 0 saturated carbocycles. The van der Waals surface area contributed by atoms with Crippen molar-refractivity contribution >= 4 is 19.2 Å². The van der Waals surface area contributed by atoms with Crippen molar-refractivity contribution in [1.82, 2.24) is 0 Å². The lowest BCUT2D eigenvalue weighted by molar-refractivity contribution is 1.38. The Morgan fingerprint density at radius 2 is 2.00 bits per heavy atom. The van der Waals surface area contributed by atoms with Crippen LogP contribution in [0.2, 0.25) is 0 Å². The highest BCUT2D eigenvalue weighted by Crippen LogP contribution is 2.04. The molecule has 0 bridgehead atoms. The molecule has 0 aliphatic rings. The van der Waals surface area contributed by atoms with Crippen LogP contribution in [-0.2, 0) is 6.04 Å². The average Bonchev–Trinajstić information content (AvgIpc) is 2.06. The summed E-state index contributed by atoms with van der Waals surface area (Å²) in [6, 6.07) is 11.3. The van der Waals surface area contributed by atoms with E-state index in [0.29, 0.717) is 0 Å². The molecule has 0 aliphatic carbocycles. The van der Waals surface area contributed by atoms with Crippen LogP contribution in [0.3, 0.4) is 0 Å². The fourth-order valence-electron chi connectivity index (χ4n) is 0.923. The van der Waals surface area contributed by atoms with E-state index in [1.165, 1.54) is 5.56 Å². The highest BCUT2D eigenvalue weighted by molar-refractivity contribution is 7.09. The monoisotopic (exact) mass is 182 g/mol. The van der Waals surface area contributed by atoms with Gasteiger partial charge in [0.2, 0.25) is 0 Å². The topological polar surface area (TPSA) is 0 Å². The molecule has 1 aromatic rings. The van der Waals surface area contributed by atoms with Crippen LogP contribution in [0.15, 0.2) is 42.6 Å². The molecule has 1 atom stereocenters. The number of benzene rings is 1. The van der Waals surface area contributed by atoms with Gasteiger partial charge in [0.15, 0.2) is 8.11 Å². The summed E-state index contributed by atoms with van der Waals surface area (Å²) in [6.45, 7) is 3.69. The molecule has 0 nitrogen and oxygen atoms in total. The molecule has 1 aromatic carbocycles. The number of halogens is 1. The molecule has 0 N–H and O–H groups in total. The molecule has 0 fully saturated rings. The average molecular weight is 183 g/mol. The molecular weight excluding hydrogens is 172 g/mol. The van der Waals surface area contributed by atoms with Gasteiger partial charge < -0.3 is 0 Å². The summed E-state index contributed by atoms with van der Waals surface area (Å²) >= 11 is 6.02. The van der Waals surface area contributed by atoms with Crippen molar-refractivity contribution in [3.05, 3.63) is 48.2 Å². The van der Waals surface area contributed by atoms with Gasteiger partial charge in [0.25, 0.3) is 0 Å². The third kappa shape index (κ3) is 2.91. The Hall–Kier alpha value is -0.533. The van der Waals surface area contributed by atoms with Gasteiger partial charge in [-0.2, -0.15) is 11.1 Å². The van der Waals surface area contributed by atoms with Gasteiger partial charge in [-0.3, -0.25) is 0 Å². The first kappa shape index (κ1) is 8.56. The third-order valence-electron chi connectivity index (χ3n) is 1.53. The van der Waals surface area contributed by atoms with Crippen molar-refractivity contribution in [2.75, 3.05) is 0 Å². The third-order valence-corrected chi connectivity index (χ3v) is 3.90. The van der Waals surface area contributed by atoms with E-state index in [-0.39, 0.29) is 0 Å². The predicted octanol–water partition coefficient (Wildman–Crippen LogP) is 2.46. The normalized spacial score (nSPS) is 12.5. The zero-order valence-corrected chi connectivity index (χ0v) is 8.24. The Labute approximate surface area is 73.8 Å². The molecule has 58 valence electrons. The Morgan fingerprint density at radius 1 is 1.36 bits per heavy atom. The van der Waals surface area contributed by atoms with Crippen LogP contribution in [0.25, 0.3) is 0 Å². The second kappa shape index (κ2) is 4.37. The lowest BCUT2D eigenvalue weighted by Gasteiger charge is -2.00. The second-order valence-electron chi connectivity index (χ2n) is 2.44. The van der Waals surface area contributed by atoms with Crippen LogP contribution in [0, 0.1) is 0 Å². The molecule has 0 aromatic heterocycles. The molecule has 11 heavy (non-hydrogen) atoms. The summed E-state index contributed by atoms with van der Waals surface area (Å²) in [5.41, 5.74) is 3.22. The van der Waals surface area contributed by atoms with E-state index >= 15 is 0 Å². The molecular formula is C9H11ClSi. The lowest BCUT2D eigenvalue weighted by atomic mass is 10.2. The maximum atomic E-state index is 6.02. The van der Waals surface area contributed by atoms with Crippen LogP contribution in [0.1, 0.15) is 5.56 Å². The fraction of sp³-hybridized carbons (Fsp3) is 0.111. The highest BCUT2D eigenvalue weighted by atomic mass is 35.6. The highest BCUT2D eigenvalue weighted by Gasteiger charge is 2.01. The zero-order valence-electron chi connectivity index (χ0n) is 6.33. The quantitative estimate of drug-likeness (QED) is 0.498. The van der Waals surface area contributed by atoms with Crippen molar-refractivity contribution in [2.45, 2.75) is 6.04 Å². The standard InChI is InChI=1S/C9H11ClSi/c1-2-11(10)8-9-6-4-3-5-7-9/h2-7,11H,1,8H2. The van der Waals surface area contributed by atoms with Crippen molar-refractivity contribution in [2.24, 2.45) is 0 Å². The van der Waals surface area contributed by atoms with Gasteiger partial charge in [0.05, 0.1) is 0 Å². The van der Waals surface area contributed by atoms with Crippen molar-refractivity contribution < 1.29 is 0 Å². The molecule has 2 heteroatoms. The van der Waals surface area contributed by atoms with Gasteiger partial charge in [0.1, 0.15) is 0 Å². The van der Waals surface area contributed by atoms with E-state index in [2.05, 4.69) is 18.7 Å². The summed E-state index contributed by atoms with van der Waals surface area (Å²) in [7, 11) is -1.17. The summed E-state index contributed by atoms with van der Waals surface area (Å²) in [5, 5.41) is 0. The predicted molar refractivity (Wildman–Crippen MR) is 53.3 cm³/mol. The van der Waals surface area contributed by atoms with E-state index in [9.17, 15) is 0 Å². The summed E-state index contributed by atoms with van der Waals surface area (Å²) in [4.78, 5) is 0. The molecule has 0 spiro atoms. The van der Waals surface area contributed by atoms with Crippen LogP contribution < -0.4 is 0 Å². The molecule has 0 heterocycles. The number of hydrogen-bond donors (Lipinski definition) is 0. The van der Waals surface area contributed by atoms with Crippen LogP contribution >= 0.6 is 11.1 Å². The molecule has 0 aliphatic heterocycles. The summed E-state index contributed by atoms with van der Waals surface area (Å²) in [5.74, 6) is 0. The lowest BCUT2D eigenvalue weighted by Crippen LogP contribution is -2.04. The van der Waals surface area contributed by atoms with Gasteiger partial charge in [-0.1, -0.05) is 36.0 Å². The van der Waals surface area contributed by atoms with Crippen molar-refractivity contribution in [1.29, 1.82) is 0 Å². The number of rotatable bonds is 3. The van der Waals surface area contributed by atoms with Gasteiger partial charge in [-0.25, -0.2) is 0 Å². The minimum absolute atomic E-state index is 1.01. The van der Waals surface area contributed by atoms with E-state index in [1.54, 1.807) is 0 Å². The Kier molecular flexibility index (Phi) is 3.40. The Balaban J connectivity index is 2.57. The van der Waals surface area contributed by atoms with Crippen molar-refractivity contribution in [3.8, 4) is 0 Å². The van der Waals surface area contributed by atoms with E-state index in [1.807, 2.05) is 23.9 Å². The Morgan fingerprint density at radius 3 is 2.55 bits per heavy atom. The first-order valence-electron chi connectivity index (χ1n) is 3.63.